The van der Waals surface area contributed by atoms with E-state index in [0.29, 0.717) is 19.3 Å². The van der Waals surface area contributed by atoms with Crippen molar-refractivity contribution in [1.29, 1.82) is 0 Å². The van der Waals surface area contributed by atoms with Crippen molar-refractivity contribution in [2.75, 3.05) is 13.2 Å². The van der Waals surface area contributed by atoms with Crippen LogP contribution in [0.4, 0.5) is 0 Å². The van der Waals surface area contributed by atoms with Crippen molar-refractivity contribution >= 4 is 23.9 Å². The predicted molar refractivity (Wildman–Crippen MR) is 340 cm³/mol. The van der Waals surface area contributed by atoms with Crippen LogP contribution in [0.25, 0.3) is 0 Å². The first-order valence-corrected chi connectivity index (χ1v) is 35.7. The molecule has 1 heterocycles. The lowest BCUT2D eigenvalue weighted by Gasteiger charge is -2.40. The van der Waals surface area contributed by atoms with Crippen molar-refractivity contribution < 1.29 is 58.2 Å². The molecule has 0 spiro atoms. The van der Waals surface area contributed by atoms with Crippen LogP contribution in [0.5, 0.6) is 0 Å². The fourth-order valence-electron chi connectivity index (χ4n) is 11.4. The van der Waals surface area contributed by atoms with Crippen LogP contribution in [0.1, 0.15) is 367 Å². The fraction of sp³-hybridized carbons (Fsp3) is 0.915. The van der Waals surface area contributed by atoms with Crippen molar-refractivity contribution in [3.05, 3.63) is 12.2 Å². The lowest BCUT2D eigenvalue weighted by atomic mass is 9.98. The summed E-state index contributed by atoms with van der Waals surface area (Å²) < 4.78 is 28.7. The summed E-state index contributed by atoms with van der Waals surface area (Å²) >= 11 is 0. The van der Waals surface area contributed by atoms with Crippen LogP contribution >= 0.6 is 0 Å². The quantitative estimate of drug-likeness (QED) is 0.0228. The molecule has 6 atom stereocenters. The molecule has 0 aromatic rings. The summed E-state index contributed by atoms with van der Waals surface area (Å²) in [5.41, 5.74) is 0. The van der Waals surface area contributed by atoms with E-state index in [1.807, 2.05) is 0 Å². The van der Waals surface area contributed by atoms with Crippen LogP contribution in [0.15, 0.2) is 12.2 Å². The molecule has 12 heteroatoms. The van der Waals surface area contributed by atoms with Crippen molar-refractivity contribution in [3.8, 4) is 0 Å². The summed E-state index contributed by atoms with van der Waals surface area (Å²) in [4.78, 5) is 51.5. The summed E-state index contributed by atoms with van der Waals surface area (Å²) in [5, 5.41) is 31.7. The number of aliphatic hydroxyl groups is 2. The van der Waals surface area contributed by atoms with Crippen LogP contribution < -0.4 is 0 Å². The monoisotopic (exact) mass is 1180 g/mol. The highest BCUT2D eigenvalue weighted by molar-refractivity contribution is 5.74. The normalized spacial score (nSPS) is 17.5. The van der Waals surface area contributed by atoms with E-state index in [1.165, 1.54) is 238 Å². The molecule has 0 amide bonds. The van der Waals surface area contributed by atoms with Crippen LogP contribution in [0, 0.1) is 0 Å². The number of allylic oxidation sites excluding steroid dienone is 2. The van der Waals surface area contributed by atoms with Crippen LogP contribution in [-0.4, -0.2) is 89.2 Å². The molecule has 3 N–H and O–H groups in total. The number of aliphatic carboxylic acids is 1. The summed E-state index contributed by atoms with van der Waals surface area (Å²) in [6, 6.07) is 0. The first-order valence-electron chi connectivity index (χ1n) is 35.7. The molecule has 0 bridgehead atoms. The molecular weight excluding hydrogens is 1040 g/mol. The number of hydrogen-bond donors (Lipinski definition) is 3. The number of esters is 3. The number of rotatable bonds is 63. The van der Waals surface area contributed by atoms with E-state index >= 15 is 0 Å². The molecule has 6 unspecified atom stereocenters. The summed E-state index contributed by atoms with van der Waals surface area (Å²) in [5.74, 6) is -3.06. The largest absolute Gasteiger partial charge is 0.479 e. The number of aliphatic hydroxyl groups excluding tert-OH is 2. The average molecular weight is 1180 g/mol. The van der Waals surface area contributed by atoms with E-state index in [-0.39, 0.29) is 25.9 Å². The molecule has 488 valence electrons. The van der Waals surface area contributed by atoms with Gasteiger partial charge in [-0.3, -0.25) is 14.4 Å². The van der Waals surface area contributed by atoms with Gasteiger partial charge in [0.15, 0.2) is 24.6 Å². The van der Waals surface area contributed by atoms with Crippen LogP contribution in [0.2, 0.25) is 0 Å². The van der Waals surface area contributed by atoms with E-state index < -0.39 is 67.3 Å². The first kappa shape index (κ1) is 78.5. The molecule has 0 radical (unpaired) electrons. The Balaban J connectivity index is 2.59. The second kappa shape index (κ2) is 59.8. The third-order valence-electron chi connectivity index (χ3n) is 16.8. The number of carboxylic acid groups (broad SMARTS) is 1. The minimum atomic E-state index is -1.90. The van der Waals surface area contributed by atoms with Crippen molar-refractivity contribution in [3.63, 3.8) is 0 Å². The zero-order chi connectivity index (χ0) is 60.3. The highest BCUT2D eigenvalue weighted by Gasteiger charge is 2.50. The predicted octanol–water partition coefficient (Wildman–Crippen LogP) is 19.6. The maximum absolute atomic E-state index is 13.2. The van der Waals surface area contributed by atoms with Gasteiger partial charge in [0.2, 0.25) is 0 Å². The number of carbonyl (C=O) groups is 4. The molecular formula is C71H132O12. The highest BCUT2D eigenvalue weighted by atomic mass is 16.7. The molecule has 0 aliphatic carbocycles. The van der Waals surface area contributed by atoms with Gasteiger partial charge >= 0.3 is 23.9 Å². The minimum absolute atomic E-state index is 0.0653. The third-order valence-corrected chi connectivity index (χ3v) is 16.8. The van der Waals surface area contributed by atoms with Gasteiger partial charge in [0, 0.05) is 19.3 Å². The Hall–Kier alpha value is -2.54. The van der Waals surface area contributed by atoms with Crippen molar-refractivity contribution in [1.82, 2.24) is 0 Å². The maximum Gasteiger partial charge on any atom is 0.335 e. The van der Waals surface area contributed by atoms with Gasteiger partial charge in [0.25, 0.3) is 0 Å². The zero-order valence-electron chi connectivity index (χ0n) is 54.2. The van der Waals surface area contributed by atoms with Gasteiger partial charge in [0.05, 0.1) is 6.61 Å². The molecule has 1 aliphatic rings. The van der Waals surface area contributed by atoms with Gasteiger partial charge in [-0.25, -0.2) is 4.79 Å². The second-order valence-corrected chi connectivity index (χ2v) is 24.9. The molecule has 1 saturated heterocycles. The SMILES string of the molecule is CCCCCCCC/C=C\CCCCCCCCCCCC(=O)OC1C(OCC(COC(=O)CCCCCCCCCCCCCCCCCCCCC)OC(=O)CCCCCCCCCCCCCCCCC)OC(C(=O)O)C(O)C1O. The van der Waals surface area contributed by atoms with Gasteiger partial charge in [-0.1, -0.05) is 315 Å². The maximum atomic E-state index is 13.2. The standard InChI is InChI=1S/C71H132O12/c1-4-7-10-13-16-19-22-25-28-30-32-34-37-39-42-45-48-51-54-57-63(72)79-60-62(81-64(73)58-55-52-49-46-43-40-36-27-24-21-18-15-12-9-6-3)61-80-71-69(67(76)66(75)68(83-71)70(77)78)82-65(74)59-56-53-50-47-44-41-38-35-33-31-29-26-23-20-17-14-11-8-5-2/h26,29,62,66-69,71,75-76H,4-25,27-28,30-61H2,1-3H3,(H,77,78)/b29-26-. The molecule has 0 aromatic heterocycles. The van der Waals surface area contributed by atoms with E-state index in [4.69, 9.17) is 23.7 Å². The second-order valence-electron chi connectivity index (χ2n) is 24.9. The van der Waals surface area contributed by atoms with Gasteiger partial charge in [-0.15, -0.1) is 0 Å². The third kappa shape index (κ3) is 49.2. The van der Waals surface area contributed by atoms with Crippen molar-refractivity contribution in [2.24, 2.45) is 0 Å². The Morgan fingerprint density at radius 3 is 1.02 bits per heavy atom. The first-order chi connectivity index (χ1) is 40.6. The van der Waals surface area contributed by atoms with Crippen LogP contribution in [-0.2, 0) is 42.9 Å². The van der Waals surface area contributed by atoms with Gasteiger partial charge in [-0.2, -0.15) is 0 Å². The van der Waals surface area contributed by atoms with E-state index in [9.17, 15) is 34.5 Å². The molecule has 12 nitrogen and oxygen atoms in total. The van der Waals surface area contributed by atoms with Gasteiger partial charge in [-0.05, 0) is 44.9 Å². The van der Waals surface area contributed by atoms with Gasteiger partial charge in [0.1, 0.15) is 18.8 Å². The number of ether oxygens (including phenoxy) is 5. The molecule has 83 heavy (non-hydrogen) atoms. The van der Waals surface area contributed by atoms with E-state index in [1.54, 1.807) is 0 Å². The van der Waals surface area contributed by atoms with Crippen molar-refractivity contribution in [2.45, 2.75) is 404 Å². The highest BCUT2D eigenvalue weighted by Crippen LogP contribution is 2.27. The Bertz CT molecular complexity index is 1490. The Kier molecular flexibility index (Phi) is 56.5. The van der Waals surface area contributed by atoms with Crippen LogP contribution in [0.3, 0.4) is 0 Å². The summed E-state index contributed by atoms with van der Waals surface area (Å²) in [7, 11) is 0. The Labute approximate surface area is 509 Å². The molecule has 1 fully saturated rings. The lowest BCUT2D eigenvalue weighted by molar-refractivity contribution is -0.301. The molecule has 1 rings (SSSR count). The summed E-state index contributed by atoms with van der Waals surface area (Å²) in [6.45, 7) is 6.08. The number of carbonyl (C=O) groups excluding carboxylic acids is 3. The van der Waals surface area contributed by atoms with E-state index in [2.05, 4.69) is 32.9 Å². The van der Waals surface area contributed by atoms with Gasteiger partial charge < -0.3 is 39.0 Å². The molecule has 0 aromatic carbocycles. The smallest absolute Gasteiger partial charge is 0.335 e. The topological polar surface area (TPSA) is 175 Å². The molecule has 1 aliphatic heterocycles. The summed E-state index contributed by atoms with van der Waals surface area (Å²) in [6.07, 6.45) is 57.4. The number of unbranched alkanes of at least 4 members (excludes halogenated alkanes) is 47. The lowest BCUT2D eigenvalue weighted by Crippen LogP contribution is -2.61. The Morgan fingerprint density at radius 1 is 0.386 bits per heavy atom. The van der Waals surface area contributed by atoms with E-state index in [0.717, 1.165) is 70.6 Å². The fourth-order valence-corrected chi connectivity index (χ4v) is 11.4. The minimum Gasteiger partial charge on any atom is -0.479 e. The zero-order valence-corrected chi connectivity index (χ0v) is 54.2. The average Bonchev–Trinajstić information content (AvgIpc) is 3.60. The Morgan fingerprint density at radius 2 is 0.687 bits per heavy atom. The molecule has 0 saturated carbocycles. The number of hydrogen-bond acceptors (Lipinski definition) is 11. The number of carboxylic acids is 1.